The third kappa shape index (κ3) is 3.91. The first-order valence-electron chi connectivity index (χ1n) is 7.49. The summed E-state index contributed by atoms with van der Waals surface area (Å²) in [5, 5.41) is 19.0. The molecule has 1 aromatic carbocycles. The second kappa shape index (κ2) is 7.80. The lowest BCUT2D eigenvalue weighted by Gasteiger charge is -2.16. The van der Waals surface area contributed by atoms with E-state index in [2.05, 4.69) is 17.1 Å². The van der Waals surface area contributed by atoms with Crippen molar-refractivity contribution in [2.75, 3.05) is 5.75 Å². The van der Waals surface area contributed by atoms with Gasteiger partial charge < -0.3 is 0 Å². The number of fused-ring (bicyclic) bond motifs is 1. The fourth-order valence-corrected chi connectivity index (χ4v) is 3.47. The van der Waals surface area contributed by atoms with Crippen LogP contribution in [0, 0.1) is 28.6 Å². The Morgan fingerprint density at radius 3 is 2.70 bits per heavy atom. The van der Waals surface area contributed by atoms with E-state index in [4.69, 9.17) is 5.26 Å². The quantitative estimate of drug-likeness (QED) is 0.599. The summed E-state index contributed by atoms with van der Waals surface area (Å²) in [7, 11) is 0. The minimum Gasteiger partial charge on any atom is -0.285 e. The van der Waals surface area contributed by atoms with Gasteiger partial charge in [0.15, 0.2) is 5.16 Å². The molecule has 0 N–H and O–H groups in total. The van der Waals surface area contributed by atoms with Crippen LogP contribution >= 0.6 is 11.8 Å². The van der Waals surface area contributed by atoms with E-state index in [1.165, 1.54) is 11.8 Å². The van der Waals surface area contributed by atoms with Crippen molar-refractivity contribution < 1.29 is 0 Å². The number of hydrogen-bond acceptors (Lipinski definition) is 5. The first-order valence-corrected chi connectivity index (χ1v) is 8.47. The first-order chi connectivity index (χ1) is 11.1. The lowest BCUT2D eigenvalue weighted by molar-refractivity contribution is 0.518. The molecule has 6 heteroatoms. The van der Waals surface area contributed by atoms with Crippen LogP contribution in [0.3, 0.4) is 0 Å². The molecular weight excluding hydrogens is 308 g/mol. The molecule has 0 fully saturated rings. The summed E-state index contributed by atoms with van der Waals surface area (Å²) < 4.78 is 1.67. The highest BCUT2D eigenvalue weighted by molar-refractivity contribution is 7.99. The van der Waals surface area contributed by atoms with E-state index in [9.17, 15) is 10.1 Å². The molecule has 1 aromatic heterocycles. The Labute approximate surface area is 139 Å². The summed E-state index contributed by atoms with van der Waals surface area (Å²) in [5.41, 5.74) is 0.612. The molecule has 0 saturated carbocycles. The second-order valence-electron chi connectivity index (χ2n) is 5.51. The predicted molar refractivity (Wildman–Crippen MR) is 91.1 cm³/mol. The third-order valence-electron chi connectivity index (χ3n) is 3.49. The molecule has 5 nitrogen and oxygen atoms in total. The lowest BCUT2D eigenvalue weighted by Crippen LogP contribution is -2.25. The highest BCUT2D eigenvalue weighted by atomic mass is 32.2. The Morgan fingerprint density at radius 2 is 2.04 bits per heavy atom. The first kappa shape index (κ1) is 17.1. The summed E-state index contributed by atoms with van der Waals surface area (Å²) in [5.74, 6) is 0.305. The summed E-state index contributed by atoms with van der Waals surface area (Å²) >= 11 is 1.41. The van der Waals surface area contributed by atoms with Gasteiger partial charge in [-0.15, -0.1) is 0 Å². The average molecular weight is 326 g/mol. The van der Waals surface area contributed by atoms with Crippen LogP contribution in [0.5, 0.6) is 0 Å². The fourth-order valence-electron chi connectivity index (χ4n) is 2.28. The lowest BCUT2D eigenvalue weighted by atomic mass is 10.1. The topological polar surface area (TPSA) is 82.5 Å². The van der Waals surface area contributed by atoms with Gasteiger partial charge in [-0.3, -0.25) is 9.36 Å². The number of benzene rings is 1. The van der Waals surface area contributed by atoms with Gasteiger partial charge >= 0.3 is 0 Å². The van der Waals surface area contributed by atoms with E-state index < -0.39 is 0 Å². The van der Waals surface area contributed by atoms with Crippen LogP contribution < -0.4 is 5.56 Å². The van der Waals surface area contributed by atoms with Crippen LogP contribution in [0.25, 0.3) is 10.9 Å². The molecule has 0 amide bonds. The molecule has 0 aliphatic rings. The van der Waals surface area contributed by atoms with Gasteiger partial charge in [0.1, 0.15) is 0 Å². The number of para-hydroxylation sites is 1. The average Bonchev–Trinajstić information content (AvgIpc) is 2.54. The highest BCUT2D eigenvalue weighted by Crippen LogP contribution is 2.24. The van der Waals surface area contributed by atoms with Gasteiger partial charge in [-0.25, -0.2) is 4.98 Å². The largest absolute Gasteiger partial charge is 0.285 e. The number of hydrogen-bond donors (Lipinski definition) is 0. The van der Waals surface area contributed by atoms with Gasteiger partial charge in [-0.1, -0.05) is 23.9 Å². The normalized spacial score (nSPS) is 12.0. The van der Waals surface area contributed by atoms with E-state index in [-0.39, 0.29) is 17.5 Å². The van der Waals surface area contributed by atoms with Gasteiger partial charge in [-0.2, -0.15) is 10.5 Å². The Morgan fingerprint density at radius 1 is 1.30 bits per heavy atom. The van der Waals surface area contributed by atoms with Gasteiger partial charge in [0.05, 0.1) is 29.0 Å². The van der Waals surface area contributed by atoms with Crippen LogP contribution in [0.1, 0.15) is 32.7 Å². The molecule has 2 aromatic rings. The molecule has 2 rings (SSSR count). The number of nitrogens with zero attached hydrogens (tertiary/aromatic N) is 4. The van der Waals surface area contributed by atoms with Crippen LogP contribution in [0.4, 0.5) is 0 Å². The maximum absolute atomic E-state index is 12.7. The van der Waals surface area contributed by atoms with Crippen LogP contribution in [0.2, 0.25) is 0 Å². The van der Waals surface area contributed by atoms with E-state index in [1.807, 2.05) is 32.0 Å². The maximum Gasteiger partial charge on any atom is 0.262 e. The second-order valence-corrected chi connectivity index (χ2v) is 6.50. The molecule has 23 heavy (non-hydrogen) atoms. The van der Waals surface area contributed by atoms with Crippen molar-refractivity contribution in [2.24, 2.45) is 5.92 Å². The zero-order valence-electron chi connectivity index (χ0n) is 13.2. The van der Waals surface area contributed by atoms with Crippen LogP contribution in [-0.4, -0.2) is 15.3 Å². The number of thioether (sulfide) groups is 1. The number of nitriles is 2. The van der Waals surface area contributed by atoms with Crippen molar-refractivity contribution in [3.8, 4) is 12.1 Å². The number of aromatic nitrogens is 2. The van der Waals surface area contributed by atoms with E-state index in [1.54, 1.807) is 10.6 Å². The third-order valence-corrected chi connectivity index (χ3v) is 4.61. The Kier molecular flexibility index (Phi) is 5.78. The van der Waals surface area contributed by atoms with E-state index in [0.29, 0.717) is 34.7 Å². The van der Waals surface area contributed by atoms with E-state index >= 15 is 0 Å². The maximum atomic E-state index is 12.7. The molecular formula is C17H18N4OS. The monoisotopic (exact) mass is 326 g/mol. The standard InChI is InChI=1S/C17H18N4OS/c1-12(2)21-16(22)14-7-3-4-8-15(14)20-17(21)23-11-13(10-19)6-5-9-18/h3-4,7-8,12-13H,5-6,11H2,1-2H3/t13-/m0/s1. The van der Waals surface area contributed by atoms with E-state index in [0.717, 1.165) is 0 Å². The molecule has 1 atom stereocenters. The van der Waals surface area contributed by atoms with Crippen LogP contribution in [0.15, 0.2) is 34.2 Å². The molecule has 0 aliphatic carbocycles. The molecule has 1 heterocycles. The Hall–Kier alpha value is -2.31. The molecule has 0 aliphatic heterocycles. The van der Waals surface area contributed by atoms with Gasteiger partial charge in [-0.05, 0) is 32.4 Å². The van der Waals surface area contributed by atoms with Crippen molar-refractivity contribution in [1.82, 2.24) is 9.55 Å². The zero-order chi connectivity index (χ0) is 16.8. The molecule has 0 spiro atoms. The molecule has 0 radical (unpaired) electrons. The number of rotatable bonds is 6. The molecule has 0 unspecified atom stereocenters. The highest BCUT2D eigenvalue weighted by Gasteiger charge is 2.16. The summed E-state index contributed by atoms with van der Waals surface area (Å²) in [6.45, 7) is 3.89. The summed E-state index contributed by atoms with van der Waals surface area (Å²) in [6.07, 6.45) is 0.903. The Bertz CT molecular complexity index is 829. The van der Waals surface area contributed by atoms with Crippen molar-refractivity contribution in [3.63, 3.8) is 0 Å². The summed E-state index contributed by atoms with van der Waals surface area (Å²) in [4.78, 5) is 17.3. The molecule has 0 bridgehead atoms. The van der Waals surface area contributed by atoms with Crippen molar-refractivity contribution >= 4 is 22.7 Å². The smallest absolute Gasteiger partial charge is 0.262 e. The molecule has 0 saturated heterocycles. The van der Waals surface area contributed by atoms with Gasteiger partial charge in [0, 0.05) is 18.2 Å². The van der Waals surface area contributed by atoms with Crippen molar-refractivity contribution in [3.05, 3.63) is 34.6 Å². The van der Waals surface area contributed by atoms with Gasteiger partial charge in [0.2, 0.25) is 0 Å². The van der Waals surface area contributed by atoms with Crippen molar-refractivity contribution in [2.45, 2.75) is 37.9 Å². The SMILES string of the molecule is CC(C)n1c(SC[C@H](C#N)CCC#N)nc2ccccc2c1=O. The fraction of sp³-hybridized carbons (Fsp3) is 0.412. The minimum absolute atomic E-state index is 0.0123. The summed E-state index contributed by atoms with van der Waals surface area (Å²) in [6, 6.07) is 11.6. The van der Waals surface area contributed by atoms with Gasteiger partial charge in [0.25, 0.3) is 5.56 Å². The zero-order valence-corrected chi connectivity index (χ0v) is 14.0. The molecule has 118 valence electrons. The Balaban J connectivity index is 2.36. The van der Waals surface area contributed by atoms with Crippen molar-refractivity contribution in [1.29, 1.82) is 10.5 Å². The minimum atomic E-state index is -0.219. The predicted octanol–water partition coefficient (Wildman–Crippen LogP) is 3.51. The van der Waals surface area contributed by atoms with Crippen LogP contribution in [-0.2, 0) is 0 Å².